The lowest BCUT2D eigenvalue weighted by Crippen LogP contribution is -1.89. The molecule has 99 valence electrons. The van der Waals surface area contributed by atoms with E-state index in [1.165, 1.54) is 0 Å². The molecule has 0 aliphatic heterocycles. The zero-order valence-corrected chi connectivity index (χ0v) is 11.6. The van der Waals surface area contributed by atoms with Gasteiger partial charge in [0.05, 0.1) is 12.7 Å². The minimum Gasteiger partial charge on any atom is -0.497 e. The molecule has 0 unspecified atom stereocenters. The first-order chi connectivity index (χ1) is 9.72. The van der Waals surface area contributed by atoms with Gasteiger partial charge in [0, 0.05) is 23.0 Å². The van der Waals surface area contributed by atoms with E-state index < -0.39 is 0 Å². The van der Waals surface area contributed by atoms with E-state index in [1.54, 1.807) is 31.5 Å². The van der Waals surface area contributed by atoms with Gasteiger partial charge in [-0.15, -0.1) is 0 Å². The number of ether oxygens (including phenoxy) is 1. The first kappa shape index (κ1) is 14.0. The normalized spacial score (nSPS) is 10.2. The van der Waals surface area contributed by atoms with Crippen LogP contribution in [0.4, 0.5) is 5.69 Å². The molecular formula is C16H12ClN2O. The van der Waals surface area contributed by atoms with Crippen molar-refractivity contribution in [3.05, 3.63) is 64.8 Å². The van der Waals surface area contributed by atoms with Crippen LogP contribution in [-0.2, 0) is 0 Å². The van der Waals surface area contributed by atoms with Gasteiger partial charge < -0.3 is 10.1 Å². The quantitative estimate of drug-likeness (QED) is 0.919. The summed E-state index contributed by atoms with van der Waals surface area (Å²) in [5, 5.41) is 12.6. The second kappa shape index (κ2) is 6.65. The van der Waals surface area contributed by atoms with Gasteiger partial charge >= 0.3 is 0 Å². The summed E-state index contributed by atoms with van der Waals surface area (Å²) >= 11 is 5.80. The fourth-order valence-electron chi connectivity index (χ4n) is 1.63. The predicted molar refractivity (Wildman–Crippen MR) is 80.7 cm³/mol. The zero-order valence-electron chi connectivity index (χ0n) is 10.9. The van der Waals surface area contributed by atoms with Gasteiger partial charge in [-0.1, -0.05) is 17.7 Å². The lowest BCUT2D eigenvalue weighted by atomic mass is 10.1. The van der Waals surface area contributed by atoms with Crippen molar-refractivity contribution < 1.29 is 4.74 Å². The van der Waals surface area contributed by atoms with Crippen molar-refractivity contribution in [2.45, 2.75) is 0 Å². The van der Waals surface area contributed by atoms with Crippen molar-refractivity contribution in [2.75, 3.05) is 12.4 Å². The maximum absolute atomic E-state index is 9.01. The molecular weight excluding hydrogens is 272 g/mol. The van der Waals surface area contributed by atoms with E-state index in [-0.39, 0.29) is 0 Å². The van der Waals surface area contributed by atoms with Crippen LogP contribution in [0.1, 0.15) is 11.1 Å². The Morgan fingerprint density at radius 2 is 2.00 bits per heavy atom. The van der Waals surface area contributed by atoms with Crippen molar-refractivity contribution in [2.24, 2.45) is 0 Å². The lowest BCUT2D eigenvalue weighted by Gasteiger charge is -2.03. The largest absolute Gasteiger partial charge is 0.497 e. The number of benzene rings is 2. The van der Waals surface area contributed by atoms with E-state index >= 15 is 0 Å². The van der Waals surface area contributed by atoms with Crippen LogP contribution >= 0.6 is 11.6 Å². The highest BCUT2D eigenvalue weighted by molar-refractivity contribution is 6.30. The third kappa shape index (κ3) is 3.53. The molecule has 2 aromatic rings. The molecule has 3 nitrogen and oxygen atoms in total. The third-order valence-corrected chi connectivity index (χ3v) is 2.88. The molecule has 1 radical (unpaired) electrons. The number of nitrogens with one attached hydrogen (secondary N) is 1. The standard InChI is InChI=1S/C16H12ClN2O/c1-20-16-6-4-15(5-7-16)19-9-8-12-2-3-14(17)10-13(12)11-18/h2-9,19H,1H3. The van der Waals surface area contributed by atoms with Crippen LogP contribution in [0.3, 0.4) is 0 Å². The molecule has 0 saturated carbocycles. The Labute approximate surface area is 123 Å². The first-order valence-electron chi connectivity index (χ1n) is 5.92. The maximum Gasteiger partial charge on any atom is 0.119 e. The number of methoxy groups -OCH3 is 1. The number of hydrogen-bond donors (Lipinski definition) is 1. The third-order valence-electron chi connectivity index (χ3n) is 2.66. The molecule has 2 rings (SSSR count). The molecule has 20 heavy (non-hydrogen) atoms. The first-order valence-corrected chi connectivity index (χ1v) is 6.30. The van der Waals surface area contributed by atoms with E-state index in [9.17, 15) is 0 Å². The molecule has 0 fully saturated rings. The summed E-state index contributed by atoms with van der Waals surface area (Å²) in [6.07, 6.45) is 3.56. The molecule has 0 spiro atoms. The molecule has 1 N–H and O–H groups in total. The maximum atomic E-state index is 9.01. The second-order valence-corrected chi connectivity index (χ2v) is 4.36. The average Bonchev–Trinajstić information content (AvgIpc) is 2.49. The zero-order chi connectivity index (χ0) is 14.4. The molecule has 0 aliphatic rings. The van der Waals surface area contributed by atoms with Gasteiger partial charge in [-0.2, -0.15) is 5.26 Å². The lowest BCUT2D eigenvalue weighted by molar-refractivity contribution is 0.415. The van der Waals surface area contributed by atoms with Gasteiger partial charge in [0.2, 0.25) is 0 Å². The molecule has 2 aromatic carbocycles. The van der Waals surface area contributed by atoms with Gasteiger partial charge in [0.15, 0.2) is 0 Å². The van der Waals surface area contributed by atoms with Crippen molar-refractivity contribution in [1.82, 2.24) is 0 Å². The van der Waals surface area contributed by atoms with Gasteiger partial charge in [-0.25, -0.2) is 0 Å². The smallest absolute Gasteiger partial charge is 0.119 e. The Kier molecular flexibility index (Phi) is 4.65. The molecule has 0 aliphatic carbocycles. The Bertz CT molecular complexity index is 657. The number of nitrogens with zero attached hydrogens (tertiary/aromatic N) is 1. The molecule has 0 heterocycles. The highest BCUT2D eigenvalue weighted by Gasteiger charge is 2.00. The van der Waals surface area contributed by atoms with Crippen LogP contribution in [0.25, 0.3) is 6.08 Å². The van der Waals surface area contributed by atoms with Crippen LogP contribution in [0.2, 0.25) is 5.02 Å². The second-order valence-electron chi connectivity index (χ2n) is 3.95. The fourth-order valence-corrected chi connectivity index (χ4v) is 1.78. The SMILES string of the molecule is COc1ccc(NC=Cc2ccc(Cl)[c]c2C#N)cc1. The summed E-state index contributed by atoms with van der Waals surface area (Å²) in [6, 6.07) is 15.9. The predicted octanol–water partition coefficient (Wildman–Crippen LogP) is 4.10. The van der Waals surface area contributed by atoms with Crippen molar-refractivity contribution in [3.8, 4) is 11.8 Å². The van der Waals surface area contributed by atoms with Crippen molar-refractivity contribution in [1.29, 1.82) is 5.26 Å². The van der Waals surface area contributed by atoms with Gasteiger partial charge in [0.1, 0.15) is 11.8 Å². The van der Waals surface area contributed by atoms with Gasteiger partial charge in [0.25, 0.3) is 0 Å². The molecule has 0 aromatic heterocycles. The topological polar surface area (TPSA) is 45.0 Å². The highest BCUT2D eigenvalue weighted by atomic mass is 35.5. The van der Waals surface area contributed by atoms with Crippen molar-refractivity contribution >= 4 is 23.4 Å². The molecule has 4 heteroatoms. The summed E-state index contributed by atoms with van der Waals surface area (Å²) < 4.78 is 5.09. The molecule has 0 saturated heterocycles. The van der Waals surface area contributed by atoms with Crippen LogP contribution in [-0.4, -0.2) is 7.11 Å². The van der Waals surface area contributed by atoms with E-state index in [2.05, 4.69) is 17.5 Å². The number of halogens is 1. The molecule has 0 bridgehead atoms. The van der Waals surface area contributed by atoms with E-state index in [0.29, 0.717) is 10.6 Å². The van der Waals surface area contributed by atoms with E-state index in [4.69, 9.17) is 21.6 Å². The van der Waals surface area contributed by atoms with Crippen molar-refractivity contribution in [3.63, 3.8) is 0 Å². The van der Waals surface area contributed by atoms with E-state index in [1.807, 2.05) is 24.3 Å². The minimum atomic E-state index is 0.422. The Morgan fingerprint density at radius 1 is 1.25 bits per heavy atom. The number of rotatable bonds is 4. The summed E-state index contributed by atoms with van der Waals surface area (Å²) in [4.78, 5) is 0. The fraction of sp³-hybridized carbons (Fsp3) is 0.0625. The van der Waals surface area contributed by atoms with Crippen LogP contribution < -0.4 is 10.1 Å². The minimum absolute atomic E-state index is 0.422. The Balaban J connectivity index is 2.08. The van der Waals surface area contributed by atoms with Gasteiger partial charge in [-0.05, 0) is 42.0 Å². The van der Waals surface area contributed by atoms with Gasteiger partial charge in [-0.3, -0.25) is 0 Å². The summed E-state index contributed by atoms with van der Waals surface area (Å²) in [7, 11) is 1.63. The van der Waals surface area contributed by atoms with Crippen LogP contribution in [0.15, 0.2) is 42.6 Å². The van der Waals surface area contributed by atoms with E-state index in [0.717, 1.165) is 17.0 Å². The Hall–Kier alpha value is -2.44. The number of nitriles is 1. The van der Waals surface area contributed by atoms with Crippen LogP contribution in [0, 0.1) is 17.4 Å². The number of hydrogen-bond acceptors (Lipinski definition) is 3. The Morgan fingerprint density at radius 3 is 2.65 bits per heavy atom. The monoisotopic (exact) mass is 283 g/mol. The van der Waals surface area contributed by atoms with Crippen LogP contribution in [0.5, 0.6) is 5.75 Å². The summed E-state index contributed by atoms with van der Waals surface area (Å²) in [5.41, 5.74) is 2.11. The summed E-state index contributed by atoms with van der Waals surface area (Å²) in [6.45, 7) is 0. The molecule has 0 atom stereocenters. The number of anilines is 1. The summed E-state index contributed by atoms with van der Waals surface area (Å²) in [5.74, 6) is 0.804. The average molecular weight is 284 g/mol. The highest BCUT2D eigenvalue weighted by Crippen LogP contribution is 2.17. The molecule has 0 amide bonds.